The fraction of sp³-hybridized carbons (Fsp3) is 0. The van der Waals surface area contributed by atoms with E-state index in [0.717, 1.165) is 0 Å². The van der Waals surface area contributed by atoms with Gasteiger partial charge in [-0.2, -0.15) is 0 Å². The first-order valence-corrected chi connectivity index (χ1v) is 6.21. The second-order valence-electron chi connectivity index (χ2n) is 3.29. The summed E-state index contributed by atoms with van der Waals surface area (Å²) in [5.74, 6) is -0.0207. The molecular weight excluding hydrogens is 346 g/mol. The van der Waals surface area contributed by atoms with Crippen LogP contribution >= 0.6 is 39.1 Å². The lowest BCUT2D eigenvalue weighted by molar-refractivity contribution is 0.627. The van der Waals surface area contributed by atoms with Crippen molar-refractivity contribution in [2.75, 3.05) is 11.1 Å². The number of nitrogens with two attached hydrogens (primary N) is 1. The zero-order valence-electron chi connectivity index (χ0n) is 8.72. The van der Waals surface area contributed by atoms with E-state index in [2.05, 4.69) is 31.2 Å². The van der Waals surface area contributed by atoms with Crippen LogP contribution in [0.1, 0.15) is 0 Å². The molecule has 1 aromatic heterocycles. The Labute approximate surface area is 120 Å². The van der Waals surface area contributed by atoms with E-state index in [-0.39, 0.29) is 15.9 Å². The van der Waals surface area contributed by atoms with Gasteiger partial charge >= 0.3 is 0 Å². The van der Waals surface area contributed by atoms with E-state index in [1.165, 1.54) is 18.5 Å². The summed E-state index contributed by atoms with van der Waals surface area (Å²) in [7, 11) is 0. The molecule has 1 heterocycles. The minimum absolute atomic E-state index is 0.142. The van der Waals surface area contributed by atoms with Crippen LogP contribution in [0.3, 0.4) is 0 Å². The van der Waals surface area contributed by atoms with Gasteiger partial charge in [-0.15, -0.1) is 0 Å². The molecule has 0 unspecified atom stereocenters. The van der Waals surface area contributed by atoms with Crippen LogP contribution in [0.15, 0.2) is 22.9 Å². The normalized spacial score (nSPS) is 10.4. The Morgan fingerprint density at radius 1 is 1.28 bits per heavy atom. The molecule has 0 saturated heterocycles. The van der Waals surface area contributed by atoms with Gasteiger partial charge in [0.25, 0.3) is 0 Å². The van der Waals surface area contributed by atoms with Gasteiger partial charge in [0.2, 0.25) is 0 Å². The molecule has 1 aromatic carbocycles. The van der Waals surface area contributed by atoms with Crippen LogP contribution in [0.5, 0.6) is 0 Å². The molecule has 0 amide bonds. The molecule has 18 heavy (non-hydrogen) atoms. The predicted octanol–water partition coefficient (Wildman–Crippen LogP) is 4.01. The van der Waals surface area contributed by atoms with E-state index in [0.29, 0.717) is 16.0 Å². The standard InChI is InChI=1S/C10H6BrCl2FN4/c11-5-1-4(14)2-6(12)8(5)18-10-7(13)9(15)16-3-17-10/h1-3H,(H3,15,16,17,18). The molecule has 0 aliphatic rings. The fourth-order valence-corrected chi connectivity index (χ4v) is 2.29. The number of hydrogen-bond acceptors (Lipinski definition) is 4. The molecule has 4 nitrogen and oxygen atoms in total. The number of benzene rings is 1. The van der Waals surface area contributed by atoms with Crippen LogP contribution in [-0.4, -0.2) is 9.97 Å². The van der Waals surface area contributed by atoms with E-state index in [1.54, 1.807) is 0 Å². The summed E-state index contributed by atoms with van der Waals surface area (Å²) in [5.41, 5.74) is 5.99. The Balaban J connectivity index is 2.43. The van der Waals surface area contributed by atoms with Crippen LogP contribution in [0, 0.1) is 5.82 Å². The molecule has 8 heteroatoms. The van der Waals surface area contributed by atoms with Gasteiger partial charge in [0.05, 0.1) is 10.7 Å². The van der Waals surface area contributed by atoms with Crippen molar-refractivity contribution < 1.29 is 4.39 Å². The maximum Gasteiger partial charge on any atom is 0.154 e. The zero-order valence-corrected chi connectivity index (χ0v) is 11.8. The van der Waals surface area contributed by atoms with E-state index in [9.17, 15) is 4.39 Å². The molecule has 2 aromatic rings. The summed E-state index contributed by atoms with van der Waals surface area (Å²) in [6.07, 6.45) is 1.26. The van der Waals surface area contributed by atoms with E-state index >= 15 is 0 Å². The van der Waals surface area contributed by atoms with Gasteiger partial charge < -0.3 is 11.1 Å². The fourth-order valence-electron chi connectivity index (χ4n) is 1.25. The van der Waals surface area contributed by atoms with Crippen molar-refractivity contribution in [1.82, 2.24) is 9.97 Å². The second kappa shape index (κ2) is 5.26. The molecule has 0 spiro atoms. The van der Waals surface area contributed by atoms with Crippen LogP contribution in [-0.2, 0) is 0 Å². The summed E-state index contributed by atoms with van der Waals surface area (Å²) in [4.78, 5) is 7.66. The quantitative estimate of drug-likeness (QED) is 0.857. The molecule has 0 aliphatic heterocycles. The van der Waals surface area contributed by atoms with E-state index < -0.39 is 5.82 Å². The molecular formula is C10H6BrCl2FN4. The first-order valence-electron chi connectivity index (χ1n) is 4.66. The molecule has 2 rings (SSSR count). The molecule has 0 saturated carbocycles. The smallest absolute Gasteiger partial charge is 0.154 e. The van der Waals surface area contributed by atoms with Gasteiger partial charge in [0, 0.05) is 4.47 Å². The summed E-state index contributed by atoms with van der Waals surface area (Å²) >= 11 is 15.1. The molecule has 3 N–H and O–H groups in total. The van der Waals surface area contributed by atoms with E-state index in [1.807, 2.05) is 0 Å². The monoisotopic (exact) mass is 350 g/mol. The molecule has 0 bridgehead atoms. The Kier molecular flexibility index (Phi) is 3.89. The second-order valence-corrected chi connectivity index (χ2v) is 4.93. The molecule has 94 valence electrons. The highest BCUT2D eigenvalue weighted by Gasteiger charge is 2.12. The summed E-state index contributed by atoms with van der Waals surface area (Å²) < 4.78 is 13.5. The molecule has 0 radical (unpaired) electrons. The van der Waals surface area contributed by atoms with Gasteiger partial charge in [-0.1, -0.05) is 23.2 Å². The van der Waals surface area contributed by atoms with Crippen molar-refractivity contribution in [3.05, 3.63) is 38.8 Å². The lowest BCUT2D eigenvalue weighted by Crippen LogP contribution is -2.00. The summed E-state index contributed by atoms with van der Waals surface area (Å²) in [6.45, 7) is 0. The van der Waals surface area contributed by atoms with Crippen molar-refractivity contribution in [1.29, 1.82) is 0 Å². The number of nitrogen functional groups attached to an aromatic ring is 1. The Morgan fingerprint density at radius 2 is 2.00 bits per heavy atom. The maximum absolute atomic E-state index is 13.1. The number of nitrogens with one attached hydrogen (secondary N) is 1. The van der Waals surface area contributed by atoms with Crippen molar-refractivity contribution in [3.8, 4) is 0 Å². The third kappa shape index (κ3) is 2.66. The van der Waals surface area contributed by atoms with Gasteiger partial charge in [-0.05, 0) is 28.1 Å². The third-order valence-electron chi connectivity index (χ3n) is 2.07. The highest BCUT2D eigenvalue weighted by Crippen LogP contribution is 2.35. The average molecular weight is 352 g/mol. The first-order chi connectivity index (χ1) is 8.49. The third-order valence-corrected chi connectivity index (χ3v) is 3.36. The number of rotatable bonds is 2. The van der Waals surface area contributed by atoms with Crippen LogP contribution in [0.25, 0.3) is 0 Å². The number of halogens is 4. The van der Waals surface area contributed by atoms with Gasteiger partial charge in [0.15, 0.2) is 5.82 Å². The van der Waals surface area contributed by atoms with Crippen molar-refractivity contribution in [2.45, 2.75) is 0 Å². The number of hydrogen-bond donors (Lipinski definition) is 2. The van der Waals surface area contributed by atoms with Gasteiger partial charge in [-0.25, -0.2) is 14.4 Å². The van der Waals surface area contributed by atoms with Crippen LogP contribution in [0.2, 0.25) is 10.0 Å². The highest BCUT2D eigenvalue weighted by molar-refractivity contribution is 9.10. The number of aromatic nitrogens is 2. The summed E-state index contributed by atoms with van der Waals surface area (Å²) in [6, 6.07) is 2.44. The first kappa shape index (κ1) is 13.3. The highest BCUT2D eigenvalue weighted by atomic mass is 79.9. The maximum atomic E-state index is 13.1. The topological polar surface area (TPSA) is 63.8 Å². The number of nitrogens with zero attached hydrogens (tertiary/aromatic N) is 2. The minimum Gasteiger partial charge on any atom is -0.382 e. The molecule has 0 atom stereocenters. The van der Waals surface area contributed by atoms with Crippen LogP contribution in [0.4, 0.5) is 21.7 Å². The zero-order chi connectivity index (χ0) is 13.3. The Hall–Kier alpha value is -1.11. The molecule has 0 aliphatic carbocycles. The lowest BCUT2D eigenvalue weighted by Gasteiger charge is -2.11. The summed E-state index contributed by atoms with van der Waals surface area (Å²) in [5, 5.41) is 3.23. The van der Waals surface area contributed by atoms with Gasteiger partial charge in [0.1, 0.15) is 23.0 Å². The molecule has 0 fully saturated rings. The van der Waals surface area contributed by atoms with Crippen LogP contribution < -0.4 is 11.1 Å². The minimum atomic E-state index is -0.453. The Morgan fingerprint density at radius 3 is 2.67 bits per heavy atom. The predicted molar refractivity (Wildman–Crippen MR) is 73.8 cm³/mol. The van der Waals surface area contributed by atoms with Crippen molar-refractivity contribution in [3.63, 3.8) is 0 Å². The van der Waals surface area contributed by atoms with Crippen molar-refractivity contribution in [2.24, 2.45) is 0 Å². The van der Waals surface area contributed by atoms with E-state index in [4.69, 9.17) is 28.9 Å². The Bertz CT molecular complexity index is 585. The lowest BCUT2D eigenvalue weighted by atomic mass is 10.3. The van der Waals surface area contributed by atoms with Gasteiger partial charge in [-0.3, -0.25) is 0 Å². The SMILES string of the molecule is Nc1ncnc(Nc2c(Cl)cc(F)cc2Br)c1Cl. The van der Waals surface area contributed by atoms with Crippen molar-refractivity contribution >= 4 is 56.5 Å². The number of anilines is 3. The average Bonchev–Trinajstić information content (AvgIpc) is 2.28. The largest absolute Gasteiger partial charge is 0.382 e.